The number of aliphatic hydroxyl groups is 1. The van der Waals surface area contributed by atoms with E-state index in [-0.39, 0.29) is 30.1 Å². The smallest absolute Gasteiger partial charge is 0.249 e. The van der Waals surface area contributed by atoms with Crippen LogP contribution in [-0.4, -0.2) is 36.4 Å². The van der Waals surface area contributed by atoms with E-state index < -0.39 is 0 Å². The predicted molar refractivity (Wildman–Crippen MR) is 55.3 cm³/mol. The first-order chi connectivity index (χ1) is 7.15. The monoisotopic (exact) mass is 213 g/mol. The molecule has 1 amide bonds. The van der Waals surface area contributed by atoms with Gasteiger partial charge in [-0.1, -0.05) is 0 Å². The van der Waals surface area contributed by atoms with E-state index in [9.17, 15) is 4.79 Å². The van der Waals surface area contributed by atoms with Crippen LogP contribution in [0.2, 0.25) is 0 Å². The molecule has 0 spiro atoms. The van der Waals surface area contributed by atoms with Gasteiger partial charge in [-0.3, -0.25) is 4.79 Å². The van der Waals surface area contributed by atoms with Crippen molar-refractivity contribution in [1.29, 1.82) is 0 Å². The van der Waals surface area contributed by atoms with Gasteiger partial charge in [0.15, 0.2) is 0 Å². The highest BCUT2D eigenvalue weighted by Gasteiger charge is 2.42. The Morgan fingerprint density at radius 3 is 2.73 bits per heavy atom. The van der Waals surface area contributed by atoms with Gasteiger partial charge in [-0.15, -0.1) is 0 Å². The van der Waals surface area contributed by atoms with Crippen LogP contribution in [0.25, 0.3) is 0 Å². The van der Waals surface area contributed by atoms with Gasteiger partial charge in [0.2, 0.25) is 5.91 Å². The minimum atomic E-state index is -0.269. The van der Waals surface area contributed by atoms with Gasteiger partial charge in [0.25, 0.3) is 0 Å². The fourth-order valence-electron chi connectivity index (χ4n) is 1.95. The molecule has 1 heterocycles. The van der Waals surface area contributed by atoms with E-state index in [1.807, 2.05) is 6.92 Å². The molecule has 0 aromatic carbocycles. The lowest BCUT2D eigenvalue weighted by atomic mass is 10.1. The number of carbonyl (C=O) groups is 1. The fourth-order valence-corrected chi connectivity index (χ4v) is 1.95. The molecular formula is C11H19NO3. The molecule has 4 heteroatoms. The summed E-state index contributed by atoms with van der Waals surface area (Å²) in [5.41, 5.74) is -0.0140. The molecule has 1 saturated heterocycles. The van der Waals surface area contributed by atoms with Crippen LogP contribution in [0.5, 0.6) is 0 Å². The predicted octanol–water partition coefficient (Wildman–Crippen LogP) is 0.443. The van der Waals surface area contributed by atoms with Gasteiger partial charge >= 0.3 is 0 Å². The molecule has 0 bridgehead atoms. The molecule has 0 aromatic rings. The summed E-state index contributed by atoms with van der Waals surface area (Å²) >= 11 is 0. The van der Waals surface area contributed by atoms with Crippen LogP contribution in [0.3, 0.4) is 0 Å². The SMILES string of the molecule is CC1CCC(C(=O)NCC2(CO)CC2)O1. The molecule has 2 aliphatic rings. The quantitative estimate of drug-likeness (QED) is 0.712. The van der Waals surface area contributed by atoms with E-state index in [0.29, 0.717) is 6.54 Å². The Kier molecular flexibility index (Phi) is 2.98. The maximum absolute atomic E-state index is 11.7. The first kappa shape index (κ1) is 10.9. The number of carbonyl (C=O) groups excluding carboxylic acids is 1. The van der Waals surface area contributed by atoms with Crippen LogP contribution in [0, 0.1) is 5.41 Å². The minimum Gasteiger partial charge on any atom is -0.396 e. The van der Waals surface area contributed by atoms with Crippen molar-refractivity contribution in [3.05, 3.63) is 0 Å². The molecule has 0 radical (unpaired) electrons. The second-order valence-electron chi connectivity index (χ2n) is 4.89. The number of nitrogens with one attached hydrogen (secondary N) is 1. The summed E-state index contributed by atoms with van der Waals surface area (Å²) in [6, 6.07) is 0. The van der Waals surface area contributed by atoms with Crippen LogP contribution >= 0.6 is 0 Å². The highest BCUT2D eigenvalue weighted by atomic mass is 16.5. The number of ether oxygens (including phenoxy) is 1. The second kappa shape index (κ2) is 4.10. The summed E-state index contributed by atoms with van der Waals surface area (Å²) in [6.45, 7) is 2.76. The van der Waals surface area contributed by atoms with E-state index in [1.54, 1.807) is 0 Å². The standard InChI is InChI=1S/C11H19NO3/c1-8-2-3-9(15-8)10(14)12-6-11(7-13)4-5-11/h8-9,13H,2-7H2,1H3,(H,12,14). The average Bonchev–Trinajstić information content (AvgIpc) is 2.90. The van der Waals surface area contributed by atoms with Gasteiger partial charge in [-0.25, -0.2) is 0 Å². The van der Waals surface area contributed by atoms with Gasteiger partial charge in [-0.2, -0.15) is 0 Å². The van der Waals surface area contributed by atoms with Crippen molar-refractivity contribution in [3.8, 4) is 0 Å². The third-order valence-corrected chi connectivity index (χ3v) is 3.45. The Bertz CT molecular complexity index is 250. The van der Waals surface area contributed by atoms with Gasteiger partial charge in [0.05, 0.1) is 12.7 Å². The molecule has 2 fully saturated rings. The number of rotatable bonds is 4. The van der Waals surface area contributed by atoms with E-state index in [2.05, 4.69) is 5.32 Å². The van der Waals surface area contributed by atoms with E-state index in [0.717, 1.165) is 25.7 Å². The van der Waals surface area contributed by atoms with Crippen molar-refractivity contribution in [2.45, 2.75) is 44.8 Å². The van der Waals surface area contributed by atoms with E-state index in [4.69, 9.17) is 9.84 Å². The van der Waals surface area contributed by atoms with Crippen LogP contribution < -0.4 is 5.32 Å². The maximum Gasteiger partial charge on any atom is 0.249 e. The van der Waals surface area contributed by atoms with Gasteiger partial charge in [0, 0.05) is 12.0 Å². The first-order valence-corrected chi connectivity index (χ1v) is 5.69. The Labute approximate surface area is 90.0 Å². The maximum atomic E-state index is 11.7. The van der Waals surface area contributed by atoms with Crippen molar-refractivity contribution < 1.29 is 14.6 Å². The third-order valence-electron chi connectivity index (χ3n) is 3.45. The topological polar surface area (TPSA) is 58.6 Å². The Hall–Kier alpha value is -0.610. The lowest BCUT2D eigenvalue weighted by Crippen LogP contribution is -2.38. The van der Waals surface area contributed by atoms with Gasteiger partial charge in [0.1, 0.15) is 6.10 Å². The first-order valence-electron chi connectivity index (χ1n) is 5.69. The van der Waals surface area contributed by atoms with Crippen LogP contribution in [0.1, 0.15) is 32.6 Å². The molecule has 0 aromatic heterocycles. The summed E-state index contributed by atoms with van der Waals surface area (Å²) in [7, 11) is 0. The molecule has 2 rings (SSSR count). The zero-order chi connectivity index (χ0) is 10.9. The van der Waals surface area contributed by atoms with Crippen LogP contribution in [-0.2, 0) is 9.53 Å². The minimum absolute atomic E-state index is 0.0140. The van der Waals surface area contributed by atoms with Crippen molar-refractivity contribution in [2.24, 2.45) is 5.41 Å². The molecule has 2 atom stereocenters. The van der Waals surface area contributed by atoms with E-state index in [1.165, 1.54) is 0 Å². The Morgan fingerprint density at radius 1 is 1.53 bits per heavy atom. The summed E-state index contributed by atoms with van der Waals surface area (Å²) in [4.78, 5) is 11.7. The molecule has 1 saturated carbocycles. The van der Waals surface area contributed by atoms with Gasteiger partial charge < -0.3 is 15.2 Å². The highest BCUT2D eigenvalue weighted by Crippen LogP contribution is 2.44. The summed E-state index contributed by atoms with van der Waals surface area (Å²) in [5, 5.41) is 12.0. The van der Waals surface area contributed by atoms with Crippen molar-refractivity contribution in [1.82, 2.24) is 5.32 Å². The number of hydrogen-bond acceptors (Lipinski definition) is 3. The molecule has 2 unspecified atom stereocenters. The average molecular weight is 213 g/mol. The molecular weight excluding hydrogens is 194 g/mol. The van der Waals surface area contributed by atoms with Crippen molar-refractivity contribution in [2.75, 3.05) is 13.2 Å². The molecule has 15 heavy (non-hydrogen) atoms. The summed E-state index contributed by atoms with van der Waals surface area (Å²) < 4.78 is 5.47. The number of aliphatic hydroxyl groups excluding tert-OH is 1. The van der Waals surface area contributed by atoms with Crippen LogP contribution in [0.4, 0.5) is 0 Å². The van der Waals surface area contributed by atoms with Crippen molar-refractivity contribution in [3.63, 3.8) is 0 Å². The summed E-state index contributed by atoms with van der Waals surface area (Å²) in [6.07, 6.45) is 3.75. The normalized spacial score (nSPS) is 32.7. The second-order valence-corrected chi connectivity index (χ2v) is 4.89. The zero-order valence-corrected chi connectivity index (χ0v) is 9.16. The molecule has 4 nitrogen and oxygen atoms in total. The Balaban J connectivity index is 1.73. The largest absolute Gasteiger partial charge is 0.396 e. The molecule has 86 valence electrons. The lowest BCUT2D eigenvalue weighted by molar-refractivity contribution is -0.132. The number of hydrogen-bond donors (Lipinski definition) is 2. The molecule has 2 N–H and O–H groups in total. The fraction of sp³-hybridized carbons (Fsp3) is 0.909. The Morgan fingerprint density at radius 2 is 2.27 bits per heavy atom. The lowest BCUT2D eigenvalue weighted by Gasteiger charge is -2.15. The van der Waals surface area contributed by atoms with Gasteiger partial charge in [-0.05, 0) is 32.6 Å². The van der Waals surface area contributed by atoms with E-state index >= 15 is 0 Å². The van der Waals surface area contributed by atoms with Crippen LogP contribution in [0.15, 0.2) is 0 Å². The summed E-state index contributed by atoms with van der Waals surface area (Å²) in [5.74, 6) is -0.0147. The third kappa shape index (κ3) is 2.49. The molecule has 1 aliphatic carbocycles. The number of amides is 1. The molecule has 1 aliphatic heterocycles. The van der Waals surface area contributed by atoms with Crippen molar-refractivity contribution >= 4 is 5.91 Å². The zero-order valence-electron chi connectivity index (χ0n) is 9.16. The highest BCUT2D eigenvalue weighted by molar-refractivity contribution is 5.81.